The molecule has 1 aromatic carbocycles. The van der Waals surface area contributed by atoms with Gasteiger partial charge >= 0.3 is 5.97 Å². The van der Waals surface area contributed by atoms with E-state index in [0.717, 1.165) is 12.8 Å². The predicted octanol–water partition coefficient (Wildman–Crippen LogP) is 5.07. The van der Waals surface area contributed by atoms with E-state index in [1.165, 1.54) is 7.11 Å². The van der Waals surface area contributed by atoms with Gasteiger partial charge in [-0.1, -0.05) is 41.0 Å². The molecule has 0 atom stereocenters. The lowest BCUT2D eigenvalue weighted by atomic mass is 9.84. The molecule has 0 aliphatic heterocycles. The van der Waals surface area contributed by atoms with Gasteiger partial charge in [-0.05, 0) is 49.3 Å². The Bertz CT molecular complexity index is 659. The van der Waals surface area contributed by atoms with Gasteiger partial charge < -0.3 is 19.5 Å². The summed E-state index contributed by atoms with van der Waals surface area (Å²) in [6, 6.07) is 5.02. The molecule has 0 aromatic heterocycles. The number of carbonyl (C=O) groups is 2. The molecule has 0 unspecified atom stereocenters. The van der Waals surface area contributed by atoms with Crippen molar-refractivity contribution in [1.82, 2.24) is 0 Å². The van der Waals surface area contributed by atoms with Crippen LogP contribution in [0.1, 0.15) is 70.7 Å². The van der Waals surface area contributed by atoms with E-state index in [0.29, 0.717) is 42.7 Å². The molecule has 0 radical (unpaired) electrons. The molecule has 0 aliphatic rings. The number of nitrogens with one attached hydrogen (secondary N) is 1. The molecule has 29 heavy (non-hydrogen) atoms. The van der Waals surface area contributed by atoms with Gasteiger partial charge in [-0.25, -0.2) is 4.79 Å². The molecule has 1 rings (SSSR count). The van der Waals surface area contributed by atoms with Crippen molar-refractivity contribution in [3.8, 4) is 5.75 Å². The first kappa shape index (κ1) is 25.0. The predicted molar refractivity (Wildman–Crippen MR) is 115 cm³/mol. The van der Waals surface area contributed by atoms with Gasteiger partial charge in [0.15, 0.2) is 0 Å². The second-order valence-corrected chi connectivity index (χ2v) is 8.25. The second-order valence-electron chi connectivity index (χ2n) is 8.25. The zero-order chi connectivity index (χ0) is 22.0. The molecule has 1 aromatic rings. The normalized spacial score (nSPS) is 11.6. The fourth-order valence-electron chi connectivity index (χ4n) is 3.42. The van der Waals surface area contributed by atoms with Crippen LogP contribution in [0.3, 0.4) is 0 Å². The summed E-state index contributed by atoms with van der Waals surface area (Å²) in [6.07, 6.45) is 3.09. The second kappa shape index (κ2) is 11.8. The average molecular weight is 408 g/mol. The number of carbonyl (C=O) groups excluding carboxylic acids is 2. The smallest absolute Gasteiger partial charge is 0.341 e. The quantitative estimate of drug-likeness (QED) is 0.387. The SMILES string of the molecule is CCCCOc1ccc(NC(=O)C(CC(C)C)(CC(C)C)OC)cc1C(=O)OC. The fourth-order valence-corrected chi connectivity index (χ4v) is 3.42. The van der Waals surface area contributed by atoms with Crippen LogP contribution in [-0.4, -0.2) is 38.3 Å². The molecule has 0 saturated heterocycles. The summed E-state index contributed by atoms with van der Waals surface area (Å²) in [4.78, 5) is 25.4. The molecule has 0 bridgehead atoms. The van der Waals surface area contributed by atoms with Crippen LogP contribution in [0.2, 0.25) is 0 Å². The van der Waals surface area contributed by atoms with Crippen molar-refractivity contribution >= 4 is 17.6 Å². The molecule has 0 spiro atoms. The Morgan fingerprint density at radius 1 is 1.07 bits per heavy atom. The van der Waals surface area contributed by atoms with Crippen molar-refractivity contribution in [2.75, 3.05) is 26.1 Å². The average Bonchev–Trinajstić information content (AvgIpc) is 2.66. The fraction of sp³-hybridized carbons (Fsp3) is 0.652. The molecule has 6 nitrogen and oxygen atoms in total. The largest absolute Gasteiger partial charge is 0.493 e. The van der Waals surface area contributed by atoms with E-state index in [1.54, 1.807) is 25.3 Å². The third-order valence-corrected chi connectivity index (χ3v) is 4.68. The summed E-state index contributed by atoms with van der Waals surface area (Å²) in [5.74, 6) is 0.317. The summed E-state index contributed by atoms with van der Waals surface area (Å²) in [5, 5.41) is 2.93. The van der Waals surface area contributed by atoms with E-state index < -0.39 is 11.6 Å². The number of anilines is 1. The van der Waals surface area contributed by atoms with Crippen LogP contribution in [0.15, 0.2) is 18.2 Å². The summed E-state index contributed by atoms with van der Waals surface area (Å²) >= 11 is 0. The number of rotatable bonds is 12. The minimum Gasteiger partial charge on any atom is -0.493 e. The Kier molecular flexibility index (Phi) is 10.2. The lowest BCUT2D eigenvalue weighted by molar-refractivity contribution is -0.142. The number of unbranched alkanes of at least 4 members (excludes halogenated alkanes) is 1. The van der Waals surface area contributed by atoms with Crippen molar-refractivity contribution in [3.63, 3.8) is 0 Å². The molecular weight excluding hydrogens is 370 g/mol. The number of esters is 1. The molecule has 1 N–H and O–H groups in total. The van der Waals surface area contributed by atoms with Gasteiger partial charge in [0.1, 0.15) is 16.9 Å². The molecule has 0 saturated carbocycles. The summed E-state index contributed by atoms with van der Waals surface area (Å²) < 4.78 is 16.3. The van der Waals surface area contributed by atoms with Crippen molar-refractivity contribution in [3.05, 3.63) is 23.8 Å². The third-order valence-electron chi connectivity index (χ3n) is 4.68. The zero-order valence-corrected chi connectivity index (χ0v) is 19.0. The molecule has 6 heteroatoms. The minimum atomic E-state index is -0.927. The lowest BCUT2D eigenvalue weighted by Gasteiger charge is -2.34. The topological polar surface area (TPSA) is 73.9 Å². The van der Waals surface area contributed by atoms with Crippen molar-refractivity contribution < 1.29 is 23.8 Å². The molecule has 164 valence electrons. The Morgan fingerprint density at radius 2 is 1.69 bits per heavy atom. The van der Waals surface area contributed by atoms with Crippen LogP contribution in [0, 0.1) is 11.8 Å². The van der Waals surface area contributed by atoms with Gasteiger partial charge in [0, 0.05) is 12.8 Å². The summed E-state index contributed by atoms with van der Waals surface area (Å²) in [7, 11) is 2.90. The van der Waals surface area contributed by atoms with E-state index >= 15 is 0 Å². The van der Waals surface area contributed by atoms with E-state index in [1.807, 2.05) is 0 Å². The van der Waals surface area contributed by atoms with Crippen molar-refractivity contribution in [2.45, 2.75) is 65.9 Å². The lowest BCUT2D eigenvalue weighted by Crippen LogP contribution is -2.47. The number of hydrogen-bond acceptors (Lipinski definition) is 5. The van der Waals surface area contributed by atoms with Crippen LogP contribution in [-0.2, 0) is 14.3 Å². The van der Waals surface area contributed by atoms with E-state index in [2.05, 4.69) is 39.9 Å². The number of ether oxygens (including phenoxy) is 3. The van der Waals surface area contributed by atoms with Crippen molar-refractivity contribution in [2.24, 2.45) is 11.8 Å². The maximum Gasteiger partial charge on any atom is 0.341 e. The molecule has 1 amide bonds. The first-order valence-corrected chi connectivity index (χ1v) is 10.4. The monoisotopic (exact) mass is 407 g/mol. The summed E-state index contributed by atoms with van der Waals surface area (Å²) in [6.45, 7) is 10.9. The van der Waals surface area contributed by atoms with E-state index in [9.17, 15) is 9.59 Å². The number of hydrogen-bond donors (Lipinski definition) is 1. The van der Waals surface area contributed by atoms with Crippen LogP contribution in [0.5, 0.6) is 5.75 Å². The van der Waals surface area contributed by atoms with Gasteiger partial charge in [-0.2, -0.15) is 0 Å². The number of methoxy groups -OCH3 is 2. The Hall–Kier alpha value is -2.08. The maximum atomic E-state index is 13.2. The Morgan fingerprint density at radius 3 is 2.17 bits per heavy atom. The van der Waals surface area contributed by atoms with Gasteiger partial charge in [0.05, 0.1) is 13.7 Å². The van der Waals surface area contributed by atoms with Gasteiger partial charge in [0.25, 0.3) is 5.91 Å². The van der Waals surface area contributed by atoms with Crippen LogP contribution < -0.4 is 10.1 Å². The molecule has 0 aliphatic carbocycles. The van der Waals surface area contributed by atoms with Crippen LogP contribution in [0.25, 0.3) is 0 Å². The number of benzene rings is 1. The van der Waals surface area contributed by atoms with Gasteiger partial charge in [0.2, 0.25) is 0 Å². The number of amides is 1. The highest BCUT2D eigenvalue weighted by molar-refractivity contribution is 5.99. The minimum absolute atomic E-state index is 0.210. The first-order valence-electron chi connectivity index (χ1n) is 10.4. The summed E-state index contributed by atoms with van der Waals surface area (Å²) in [5.41, 5.74) is -0.131. The van der Waals surface area contributed by atoms with Gasteiger partial charge in [-0.15, -0.1) is 0 Å². The molecule has 0 fully saturated rings. The molecule has 0 heterocycles. The van der Waals surface area contributed by atoms with Crippen molar-refractivity contribution in [1.29, 1.82) is 0 Å². The van der Waals surface area contributed by atoms with Gasteiger partial charge in [-0.3, -0.25) is 4.79 Å². The Balaban J connectivity index is 3.15. The van der Waals surface area contributed by atoms with E-state index in [4.69, 9.17) is 14.2 Å². The Labute approximate surface area is 175 Å². The van der Waals surface area contributed by atoms with Crippen LogP contribution >= 0.6 is 0 Å². The highest BCUT2D eigenvalue weighted by atomic mass is 16.5. The highest BCUT2D eigenvalue weighted by Gasteiger charge is 2.39. The first-order chi connectivity index (χ1) is 13.7. The third kappa shape index (κ3) is 7.35. The van der Waals surface area contributed by atoms with Crippen LogP contribution in [0.4, 0.5) is 5.69 Å². The highest BCUT2D eigenvalue weighted by Crippen LogP contribution is 2.31. The standard InChI is InChI=1S/C23H37NO5/c1-8-9-12-29-20-11-10-18(13-19(20)21(25)27-6)24-22(26)23(28-7,14-16(2)3)15-17(4)5/h10-11,13,16-17H,8-9,12,14-15H2,1-7H3,(H,24,26). The maximum absolute atomic E-state index is 13.2. The van der Waals surface area contributed by atoms with E-state index in [-0.39, 0.29) is 11.5 Å². The zero-order valence-electron chi connectivity index (χ0n) is 19.0. The molecular formula is C23H37NO5.